The van der Waals surface area contributed by atoms with Crippen LogP contribution in [0, 0.1) is 0 Å². The molecule has 0 nitrogen and oxygen atoms in total. The number of hydrogen-bond acceptors (Lipinski definition) is 1. The van der Waals surface area contributed by atoms with Crippen LogP contribution < -0.4 is 0 Å². The van der Waals surface area contributed by atoms with E-state index in [4.69, 9.17) is 0 Å². The third-order valence-electron chi connectivity index (χ3n) is 2.41. The highest BCUT2D eigenvalue weighted by Gasteiger charge is 2.06. The molecule has 0 aliphatic heterocycles. The Hall–Kier alpha value is -1.08. The Labute approximate surface area is 89.2 Å². The molecule has 0 radical (unpaired) electrons. The van der Waals surface area contributed by atoms with Crippen LogP contribution in [0.2, 0.25) is 0 Å². The lowest BCUT2D eigenvalue weighted by Gasteiger charge is -2.08. The Bertz CT molecular complexity index is 361. The summed E-state index contributed by atoms with van der Waals surface area (Å²) in [4.78, 5) is 1.48. The SMILES string of the molecule is C[C@H](Cc1ccccc1)c1cccs1. The maximum Gasteiger partial charge on any atom is 0.00767 e. The second-order valence-corrected chi connectivity index (χ2v) is 4.59. The van der Waals surface area contributed by atoms with Gasteiger partial charge in [-0.25, -0.2) is 0 Å². The van der Waals surface area contributed by atoms with Gasteiger partial charge in [-0.05, 0) is 29.3 Å². The van der Waals surface area contributed by atoms with Crippen LogP contribution in [-0.2, 0) is 6.42 Å². The van der Waals surface area contributed by atoms with Gasteiger partial charge in [0.15, 0.2) is 0 Å². The molecule has 14 heavy (non-hydrogen) atoms. The first-order chi connectivity index (χ1) is 6.86. The molecule has 0 fully saturated rings. The molecule has 1 atom stereocenters. The minimum Gasteiger partial charge on any atom is -0.149 e. The third-order valence-corrected chi connectivity index (χ3v) is 3.52. The van der Waals surface area contributed by atoms with E-state index in [2.05, 4.69) is 54.8 Å². The molecule has 1 heterocycles. The van der Waals surface area contributed by atoms with E-state index in [0.717, 1.165) is 6.42 Å². The van der Waals surface area contributed by atoms with Crippen LogP contribution in [0.15, 0.2) is 47.8 Å². The van der Waals surface area contributed by atoms with Gasteiger partial charge in [-0.2, -0.15) is 0 Å². The highest BCUT2D eigenvalue weighted by Crippen LogP contribution is 2.24. The van der Waals surface area contributed by atoms with E-state index in [9.17, 15) is 0 Å². The van der Waals surface area contributed by atoms with Crippen molar-refractivity contribution >= 4 is 11.3 Å². The van der Waals surface area contributed by atoms with Crippen LogP contribution in [0.1, 0.15) is 23.3 Å². The molecule has 2 rings (SSSR count). The first-order valence-electron chi connectivity index (χ1n) is 4.93. The Balaban J connectivity index is 2.06. The summed E-state index contributed by atoms with van der Waals surface area (Å²) < 4.78 is 0. The number of thiophene rings is 1. The molecule has 1 heteroatoms. The highest BCUT2D eigenvalue weighted by atomic mass is 32.1. The fourth-order valence-electron chi connectivity index (χ4n) is 1.64. The summed E-state index contributed by atoms with van der Waals surface area (Å²) in [6, 6.07) is 15.0. The van der Waals surface area contributed by atoms with E-state index in [1.165, 1.54) is 10.4 Å². The second-order valence-electron chi connectivity index (χ2n) is 3.61. The summed E-state index contributed by atoms with van der Waals surface area (Å²) in [7, 11) is 0. The molecule has 0 N–H and O–H groups in total. The van der Waals surface area contributed by atoms with Gasteiger partial charge in [0.25, 0.3) is 0 Å². The van der Waals surface area contributed by atoms with Crippen molar-refractivity contribution in [2.45, 2.75) is 19.3 Å². The average Bonchev–Trinajstić information content (AvgIpc) is 2.72. The molecule has 0 aliphatic carbocycles. The summed E-state index contributed by atoms with van der Waals surface area (Å²) in [6.07, 6.45) is 1.14. The summed E-state index contributed by atoms with van der Waals surface area (Å²) in [5, 5.41) is 2.15. The first-order valence-corrected chi connectivity index (χ1v) is 5.81. The van der Waals surface area contributed by atoms with Gasteiger partial charge in [0.1, 0.15) is 0 Å². The van der Waals surface area contributed by atoms with Gasteiger partial charge in [-0.3, -0.25) is 0 Å². The summed E-state index contributed by atoms with van der Waals surface area (Å²) in [6.45, 7) is 2.29. The monoisotopic (exact) mass is 202 g/mol. The topological polar surface area (TPSA) is 0 Å². The van der Waals surface area contributed by atoms with E-state index >= 15 is 0 Å². The van der Waals surface area contributed by atoms with Gasteiger partial charge in [-0.15, -0.1) is 11.3 Å². The molecule has 0 bridgehead atoms. The molecule has 1 aromatic heterocycles. The predicted molar refractivity (Wildman–Crippen MR) is 62.9 cm³/mol. The Morgan fingerprint density at radius 2 is 1.86 bits per heavy atom. The molecule has 0 unspecified atom stereocenters. The van der Waals surface area contributed by atoms with Crippen LogP contribution in [0.3, 0.4) is 0 Å². The van der Waals surface area contributed by atoms with Crippen molar-refractivity contribution in [3.05, 3.63) is 58.3 Å². The van der Waals surface area contributed by atoms with Crippen molar-refractivity contribution in [2.75, 3.05) is 0 Å². The fraction of sp³-hybridized carbons (Fsp3) is 0.231. The molecular weight excluding hydrogens is 188 g/mol. The lowest BCUT2D eigenvalue weighted by molar-refractivity contribution is 0.775. The Morgan fingerprint density at radius 1 is 1.07 bits per heavy atom. The number of hydrogen-bond donors (Lipinski definition) is 0. The minimum absolute atomic E-state index is 0.636. The summed E-state index contributed by atoms with van der Waals surface area (Å²) in [5.74, 6) is 0.636. The van der Waals surface area contributed by atoms with Gasteiger partial charge in [0.05, 0.1) is 0 Å². The molecule has 0 spiro atoms. The molecule has 0 amide bonds. The van der Waals surface area contributed by atoms with Gasteiger partial charge in [-0.1, -0.05) is 43.3 Å². The summed E-state index contributed by atoms with van der Waals surface area (Å²) >= 11 is 1.85. The average molecular weight is 202 g/mol. The van der Waals surface area contributed by atoms with E-state index in [-0.39, 0.29) is 0 Å². The molecule has 2 aromatic rings. The molecule has 0 saturated heterocycles. The zero-order valence-corrected chi connectivity index (χ0v) is 9.13. The van der Waals surface area contributed by atoms with Crippen molar-refractivity contribution < 1.29 is 0 Å². The minimum atomic E-state index is 0.636. The maximum atomic E-state index is 2.29. The van der Waals surface area contributed by atoms with Crippen LogP contribution in [0.4, 0.5) is 0 Å². The molecule has 0 aliphatic rings. The van der Waals surface area contributed by atoms with E-state index in [1.807, 2.05) is 11.3 Å². The second kappa shape index (κ2) is 4.43. The number of rotatable bonds is 3. The standard InChI is InChI=1S/C13H14S/c1-11(13-8-5-9-14-13)10-12-6-3-2-4-7-12/h2-9,11H,10H2,1H3/t11-/m1/s1. The van der Waals surface area contributed by atoms with Crippen LogP contribution in [0.25, 0.3) is 0 Å². The third kappa shape index (κ3) is 2.24. The molecule has 1 aromatic carbocycles. The molecule has 72 valence electrons. The van der Waals surface area contributed by atoms with Crippen molar-refractivity contribution in [3.8, 4) is 0 Å². The van der Waals surface area contributed by atoms with Crippen LogP contribution in [-0.4, -0.2) is 0 Å². The lowest BCUT2D eigenvalue weighted by atomic mass is 10.00. The highest BCUT2D eigenvalue weighted by molar-refractivity contribution is 7.10. The van der Waals surface area contributed by atoms with E-state index in [1.54, 1.807) is 0 Å². The van der Waals surface area contributed by atoms with Crippen molar-refractivity contribution in [3.63, 3.8) is 0 Å². The lowest BCUT2D eigenvalue weighted by Crippen LogP contribution is -1.95. The number of benzene rings is 1. The van der Waals surface area contributed by atoms with Gasteiger partial charge < -0.3 is 0 Å². The van der Waals surface area contributed by atoms with Gasteiger partial charge >= 0.3 is 0 Å². The van der Waals surface area contributed by atoms with Gasteiger partial charge in [0.2, 0.25) is 0 Å². The Kier molecular flexibility index (Phi) is 3.00. The summed E-state index contributed by atoms with van der Waals surface area (Å²) in [5.41, 5.74) is 1.42. The van der Waals surface area contributed by atoms with Crippen LogP contribution >= 0.6 is 11.3 Å². The Morgan fingerprint density at radius 3 is 2.50 bits per heavy atom. The quantitative estimate of drug-likeness (QED) is 0.703. The van der Waals surface area contributed by atoms with Crippen molar-refractivity contribution in [2.24, 2.45) is 0 Å². The molecular formula is C13H14S. The molecule has 0 saturated carbocycles. The first kappa shape index (κ1) is 9.47. The van der Waals surface area contributed by atoms with Crippen LogP contribution in [0.5, 0.6) is 0 Å². The fourth-order valence-corrected chi connectivity index (χ4v) is 2.43. The van der Waals surface area contributed by atoms with Crippen molar-refractivity contribution in [1.82, 2.24) is 0 Å². The zero-order chi connectivity index (χ0) is 9.80. The zero-order valence-electron chi connectivity index (χ0n) is 8.31. The van der Waals surface area contributed by atoms with E-state index in [0.29, 0.717) is 5.92 Å². The van der Waals surface area contributed by atoms with Gasteiger partial charge in [0, 0.05) is 4.88 Å². The smallest absolute Gasteiger partial charge is 0.00767 e. The normalized spacial score (nSPS) is 12.6. The maximum absolute atomic E-state index is 2.29. The van der Waals surface area contributed by atoms with E-state index < -0.39 is 0 Å². The van der Waals surface area contributed by atoms with Crippen molar-refractivity contribution in [1.29, 1.82) is 0 Å². The predicted octanol–water partition coefficient (Wildman–Crippen LogP) is 4.09. The largest absolute Gasteiger partial charge is 0.149 e.